The highest BCUT2D eigenvalue weighted by molar-refractivity contribution is 5.74. The van der Waals surface area contributed by atoms with E-state index < -0.39 is 0 Å². The molecule has 0 spiro atoms. The highest BCUT2D eigenvalue weighted by Gasteiger charge is 2.50. The Labute approximate surface area is 137 Å². The minimum Gasteiger partial charge on any atom is -0.464 e. The van der Waals surface area contributed by atoms with Crippen LogP contribution in [0.1, 0.15) is 57.8 Å². The fourth-order valence-electron chi connectivity index (χ4n) is 4.63. The van der Waals surface area contributed by atoms with Gasteiger partial charge in [-0.3, -0.25) is 0 Å². The van der Waals surface area contributed by atoms with Gasteiger partial charge in [0.15, 0.2) is 6.04 Å². The van der Waals surface area contributed by atoms with Crippen LogP contribution in [0.3, 0.4) is 0 Å². The van der Waals surface area contributed by atoms with E-state index in [0.717, 1.165) is 37.4 Å². The van der Waals surface area contributed by atoms with Gasteiger partial charge in [-0.15, -0.1) is 0 Å². The van der Waals surface area contributed by atoms with Crippen LogP contribution in [0.25, 0.3) is 0 Å². The smallest absolute Gasteiger partial charge is 0.331 e. The van der Waals surface area contributed by atoms with E-state index in [1.165, 1.54) is 24.7 Å². The maximum atomic E-state index is 12.4. The zero-order valence-corrected chi connectivity index (χ0v) is 14.0. The zero-order valence-electron chi connectivity index (χ0n) is 14.0. The van der Waals surface area contributed by atoms with Gasteiger partial charge in [0.05, 0.1) is 6.61 Å². The van der Waals surface area contributed by atoms with E-state index in [0.29, 0.717) is 17.9 Å². The molecule has 2 bridgehead atoms. The van der Waals surface area contributed by atoms with Crippen molar-refractivity contribution >= 4 is 5.97 Å². The molecule has 0 N–H and O–H groups in total. The van der Waals surface area contributed by atoms with Crippen molar-refractivity contribution < 1.29 is 9.53 Å². The lowest BCUT2D eigenvalue weighted by molar-refractivity contribution is -0.148. The van der Waals surface area contributed by atoms with Gasteiger partial charge in [-0.2, -0.15) is 5.10 Å². The molecule has 1 aromatic heterocycles. The van der Waals surface area contributed by atoms with Gasteiger partial charge in [-0.05, 0) is 42.9 Å². The number of carbonyl (C=O) groups is 1. The van der Waals surface area contributed by atoms with Crippen molar-refractivity contribution in [2.24, 2.45) is 17.3 Å². The molecule has 3 atom stereocenters. The van der Waals surface area contributed by atoms with Gasteiger partial charge in [0.1, 0.15) is 12.2 Å². The van der Waals surface area contributed by atoms with E-state index in [1.807, 2.05) is 0 Å². The van der Waals surface area contributed by atoms with E-state index in [2.05, 4.69) is 30.0 Å². The summed E-state index contributed by atoms with van der Waals surface area (Å²) in [5, 5.41) is 4.19. The normalized spacial score (nSPS) is 30.9. The molecule has 4 aliphatic rings. The molecule has 1 aliphatic heterocycles. The van der Waals surface area contributed by atoms with Crippen LogP contribution in [-0.4, -0.2) is 27.3 Å². The Morgan fingerprint density at radius 1 is 1.48 bits per heavy atom. The standard InChI is InChI=1S/C18H25N3O2/c1-18(2)13-7-6-12(14(18)10-13)8-9-23-17(22)15-4-3-5-16-19-11-20-21(15)16/h6,11,13-15H,3-5,7-10H2,1-2H3/t13-,14-,15?/m0/s1. The van der Waals surface area contributed by atoms with Gasteiger partial charge in [-0.25, -0.2) is 14.5 Å². The second-order valence-electron chi connectivity index (χ2n) is 7.77. The summed E-state index contributed by atoms with van der Waals surface area (Å²) in [5.74, 6) is 2.29. The van der Waals surface area contributed by atoms with Crippen LogP contribution in [-0.2, 0) is 16.0 Å². The quantitative estimate of drug-likeness (QED) is 0.633. The van der Waals surface area contributed by atoms with Crippen LogP contribution in [0.2, 0.25) is 0 Å². The largest absolute Gasteiger partial charge is 0.464 e. The molecule has 2 heterocycles. The predicted molar refractivity (Wildman–Crippen MR) is 85.7 cm³/mol. The van der Waals surface area contributed by atoms with Crippen molar-refractivity contribution in [3.05, 3.63) is 23.8 Å². The number of aromatic nitrogens is 3. The second-order valence-corrected chi connectivity index (χ2v) is 7.77. The summed E-state index contributed by atoms with van der Waals surface area (Å²) in [5.41, 5.74) is 1.93. The third-order valence-corrected chi connectivity index (χ3v) is 6.31. The number of rotatable bonds is 4. The summed E-state index contributed by atoms with van der Waals surface area (Å²) in [6.45, 7) is 5.24. The lowest BCUT2D eigenvalue weighted by atomic mass is 9.48. The molecular formula is C18H25N3O2. The topological polar surface area (TPSA) is 57.0 Å². The highest BCUT2D eigenvalue weighted by atomic mass is 16.5. The van der Waals surface area contributed by atoms with Gasteiger partial charge in [0, 0.05) is 12.8 Å². The lowest BCUT2D eigenvalue weighted by Crippen LogP contribution is -2.48. The Morgan fingerprint density at radius 2 is 2.35 bits per heavy atom. The third kappa shape index (κ3) is 2.41. The number of ether oxygens (including phenoxy) is 1. The van der Waals surface area contributed by atoms with Crippen molar-refractivity contribution in [2.75, 3.05) is 6.61 Å². The van der Waals surface area contributed by atoms with Crippen molar-refractivity contribution in [2.45, 2.75) is 58.4 Å². The highest BCUT2D eigenvalue weighted by Crippen LogP contribution is 2.59. The number of allylic oxidation sites excluding steroid dienone is 1. The molecule has 124 valence electrons. The van der Waals surface area contributed by atoms with Crippen LogP contribution in [0, 0.1) is 17.3 Å². The number of hydrogen-bond donors (Lipinski definition) is 0. The van der Waals surface area contributed by atoms with Crippen molar-refractivity contribution in [3.63, 3.8) is 0 Å². The molecule has 0 saturated heterocycles. The molecule has 1 aromatic rings. The Bertz CT molecular complexity index is 646. The maximum Gasteiger partial charge on any atom is 0.331 e. The Kier molecular flexibility index (Phi) is 3.54. The van der Waals surface area contributed by atoms with Gasteiger partial charge >= 0.3 is 5.97 Å². The third-order valence-electron chi connectivity index (χ3n) is 6.31. The molecule has 1 saturated carbocycles. The van der Waals surface area contributed by atoms with Crippen molar-refractivity contribution in [3.8, 4) is 0 Å². The first-order chi connectivity index (χ1) is 11.1. The molecule has 23 heavy (non-hydrogen) atoms. The van der Waals surface area contributed by atoms with Crippen molar-refractivity contribution in [1.82, 2.24) is 14.8 Å². The lowest BCUT2D eigenvalue weighted by Gasteiger charge is -2.56. The van der Waals surface area contributed by atoms with Crippen LogP contribution < -0.4 is 0 Å². The number of hydrogen-bond acceptors (Lipinski definition) is 4. The van der Waals surface area contributed by atoms with E-state index in [9.17, 15) is 4.79 Å². The van der Waals surface area contributed by atoms with Gasteiger partial charge < -0.3 is 4.74 Å². The number of fused-ring (bicyclic) bond motifs is 2. The minimum atomic E-state index is -0.286. The average Bonchev–Trinajstić information content (AvgIpc) is 3.03. The Balaban J connectivity index is 1.33. The molecule has 3 aliphatic carbocycles. The summed E-state index contributed by atoms with van der Waals surface area (Å²) >= 11 is 0. The summed E-state index contributed by atoms with van der Waals surface area (Å²) in [7, 11) is 0. The summed E-state index contributed by atoms with van der Waals surface area (Å²) in [4.78, 5) is 16.6. The fraction of sp³-hybridized carbons (Fsp3) is 0.722. The van der Waals surface area contributed by atoms with Crippen LogP contribution in [0.15, 0.2) is 18.0 Å². The molecule has 0 radical (unpaired) electrons. The first-order valence-electron chi connectivity index (χ1n) is 8.81. The van der Waals surface area contributed by atoms with Crippen LogP contribution in [0.4, 0.5) is 0 Å². The van der Waals surface area contributed by atoms with Gasteiger partial charge in [0.25, 0.3) is 0 Å². The molecule has 1 fully saturated rings. The molecular weight excluding hydrogens is 290 g/mol. The molecule has 0 aromatic carbocycles. The van der Waals surface area contributed by atoms with E-state index in [-0.39, 0.29) is 12.0 Å². The van der Waals surface area contributed by atoms with Crippen molar-refractivity contribution in [1.29, 1.82) is 0 Å². The molecule has 1 unspecified atom stereocenters. The van der Waals surface area contributed by atoms with E-state index >= 15 is 0 Å². The van der Waals surface area contributed by atoms with Gasteiger partial charge in [0.2, 0.25) is 0 Å². The molecule has 5 heteroatoms. The number of aryl methyl sites for hydroxylation is 1. The minimum absolute atomic E-state index is 0.154. The fourth-order valence-corrected chi connectivity index (χ4v) is 4.63. The maximum absolute atomic E-state index is 12.4. The Morgan fingerprint density at radius 3 is 3.13 bits per heavy atom. The van der Waals surface area contributed by atoms with E-state index in [4.69, 9.17) is 4.74 Å². The average molecular weight is 315 g/mol. The first kappa shape index (κ1) is 14.9. The monoisotopic (exact) mass is 315 g/mol. The molecule has 0 amide bonds. The molecule has 5 rings (SSSR count). The second kappa shape index (κ2) is 5.46. The first-order valence-corrected chi connectivity index (χ1v) is 8.81. The Hall–Kier alpha value is -1.65. The number of nitrogens with zero attached hydrogens (tertiary/aromatic N) is 3. The summed E-state index contributed by atoms with van der Waals surface area (Å²) < 4.78 is 7.32. The number of esters is 1. The summed E-state index contributed by atoms with van der Waals surface area (Å²) in [6.07, 6.45) is 9.97. The summed E-state index contributed by atoms with van der Waals surface area (Å²) in [6, 6.07) is -0.286. The van der Waals surface area contributed by atoms with Crippen LogP contribution >= 0.6 is 0 Å². The predicted octanol–water partition coefficient (Wildman–Crippen LogP) is 3.08. The SMILES string of the molecule is CC1(C)[C@H]2CC=C(CCOC(=O)C3CCCc4ncnn43)[C@@H]1C2. The van der Waals surface area contributed by atoms with E-state index in [1.54, 1.807) is 4.68 Å². The molecule has 5 nitrogen and oxygen atoms in total. The van der Waals surface area contributed by atoms with Crippen LogP contribution in [0.5, 0.6) is 0 Å². The van der Waals surface area contributed by atoms with Gasteiger partial charge in [-0.1, -0.05) is 25.5 Å². The zero-order chi connectivity index (χ0) is 16.0. The number of carbonyl (C=O) groups excluding carboxylic acids is 1.